The number of nitrogens with one attached hydrogen (secondary N) is 1. The van der Waals surface area contributed by atoms with Gasteiger partial charge >= 0.3 is 11.9 Å². The Hall–Kier alpha value is -1.26. The molecule has 6 heteroatoms. The van der Waals surface area contributed by atoms with Gasteiger partial charge in [-0.25, -0.2) is 4.79 Å². The number of rotatable bonds is 1. The SMILES string of the molecule is COC(=O)C(=O)Nc1cc(Cl)c(C)cc1Cl. The Morgan fingerprint density at radius 2 is 1.88 bits per heavy atom. The molecule has 4 nitrogen and oxygen atoms in total. The minimum Gasteiger partial charge on any atom is -0.462 e. The van der Waals surface area contributed by atoms with Gasteiger partial charge < -0.3 is 10.1 Å². The molecule has 1 aromatic rings. The van der Waals surface area contributed by atoms with E-state index in [1.54, 1.807) is 13.0 Å². The zero-order valence-electron chi connectivity index (χ0n) is 8.64. The van der Waals surface area contributed by atoms with Crippen LogP contribution in [0.2, 0.25) is 10.0 Å². The van der Waals surface area contributed by atoms with Crippen LogP contribution in [0.25, 0.3) is 0 Å². The summed E-state index contributed by atoms with van der Waals surface area (Å²) in [5.74, 6) is -1.89. The number of benzene rings is 1. The highest BCUT2D eigenvalue weighted by Gasteiger charge is 2.15. The molecule has 0 radical (unpaired) electrons. The molecule has 0 unspecified atom stereocenters. The molecule has 0 atom stereocenters. The predicted octanol–water partition coefficient (Wildman–Crippen LogP) is 2.41. The van der Waals surface area contributed by atoms with Gasteiger partial charge in [-0.2, -0.15) is 0 Å². The monoisotopic (exact) mass is 261 g/mol. The zero-order chi connectivity index (χ0) is 12.3. The van der Waals surface area contributed by atoms with E-state index in [9.17, 15) is 9.59 Å². The molecule has 0 aromatic heterocycles. The maximum absolute atomic E-state index is 11.2. The Morgan fingerprint density at radius 1 is 1.25 bits per heavy atom. The third-order valence-electron chi connectivity index (χ3n) is 1.87. The van der Waals surface area contributed by atoms with Crippen LogP contribution in [0.3, 0.4) is 0 Å². The number of aryl methyl sites for hydroxylation is 1. The summed E-state index contributed by atoms with van der Waals surface area (Å²) >= 11 is 11.7. The summed E-state index contributed by atoms with van der Waals surface area (Å²) in [5.41, 5.74) is 1.05. The molecule has 0 aliphatic heterocycles. The maximum atomic E-state index is 11.2. The third-order valence-corrected chi connectivity index (χ3v) is 2.59. The standard InChI is InChI=1S/C10H9Cl2NO3/c1-5-3-7(12)8(4-6(5)11)13-9(14)10(15)16-2/h3-4H,1-2H3,(H,13,14). The van der Waals surface area contributed by atoms with Crippen molar-refractivity contribution in [2.75, 3.05) is 12.4 Å². The van der Waals surface area contributed by atoms with Crippen molar-refractivity contribution in [2.45, 2.75) is 6.92 Å². The van der Waals surface area contributed by atoms with E-state index in [0.717, 1.165) is 12.7 Å². The normalized spacial score (nSPS) is 9.75. The van der Waals surface area contributed by atoms with Crippen molar-refractivity contribution in [2.24, 2.45) is 0 Å². The molecule has 0 aliphatic carbocycles. The lowest BCUT2D eigenvalue weighted by Gasteiger charge is -2.08. The van der Waals surface area contributed by atoms with Crippen LogP contribution in [0.15, 0.2) is 12.1 Å². The summed E-state index contributed by atoms with van der Waals surface area (Å²) in [6.07, 6.45) is 0. The third kappa shape index (κ3) is 2.87. The summed E-state index contributed by atoms with van der Waals surface area (Å²) in [4.78, 5) is 22.1. The molecule has 0 aliphatic rings. The lowest BCUT2D eigenvalue weighted by atomic mass is 10.2. The Labute approximate surface area is 102 Å². The fourth-order valence-electron chi connectivity index (χ4n) is 1.01. The molecular weight excluding hydrogens is 253 g/mol. The molecule has 0 heterocycles. The first-order valence-corrected chi connectivity index (χ1v) is 5.06. The second-order valence-corrected chi connectivity index (χ2v) is 3.84. The van der Waals surface area contributed by atoms with Crippen LogP contribution in [0, 0.1) is 6.92 Å². The first-order valence-electron chi connectivity index (χ1n) is 4.30. The zero-order valence-corrected chi connectivity index (χ0v) is 10.1. The van der Waals surface area contributed by atoms with Crippen molar-refractivity contribution in [1.82, 2.24) is 0 Å². The van der Waals surface area contributed by atoms with Crippen LogP contribution in [0.5, 0.6) is 0 Å². The molecule has 16 heavy (non-hydrogen) atoms. The Balaban J connectivity index is 2.94. The van der Waals surface area contributed by atoms with Crippen LogP contribution in [-0.4, -0.2) is 19.0 Å². The number of hydrogen-bond acceptors (Lipinski definition) is 3. The number of halogens is 2. The minimum atomic E-state index is -0.993. The van der Waals surface area contributed by atoms with Crippen LogP contribution in [0.4, 0.5) is 5.69 Å². The van der Waals surface area contributed by atoms with E-state index in [-0.39, 0.29) is 5.69 Å². The molecule has 1 rings (SSSR count). The molecular formula is C10H9Cl2NO3. The summed E-state index contributed by atoms with van der Waals surface area (Å²) in [5, 5.41) is 3.05. The maximum Gasteiger partial charge on any atom is 0.396 e. The second kappa shape index (κ2) is 5.18. The molecule has 0 saturated heterocycles. The van der Waals surface area contributed by atoms with Gasteiger partial charge in [0, 0.05) is 5.02 Å². The van der Waals surface area contributed by atoms with Crippen molar-refractivity contribution < 1.29 is 14.3 Å². The van der Waals surface area contributed by atoms with Crippen LogP contribution < -0.4 is 5.32 Å². The van der Waals surface area contributed by atoms with E-state index >= 15 is 0 Å². The molecule has 1 aromatic carbocycles. The number of carbonyl (C=O) groups excluding carboxylic acids is 2. The van der Waals surface area contributed by atoms with Gasteiger partial charge in [-0.3, -0.25) is 4.79 Å². The van der Waals surface area contributed by atoms with Gasteiger partial charge in [0.2, 0.25) is 0 Å². The number of esters is 1. The summed E-state index contributed by atoms with van der Waals surface area (Å²) in [7, 11) is 1.12. The molecule has 1 N–H and O–H groups in total. The molecule has 0 fully saturated rings. The minimum absolute atomic E-state index is 0.271. The Bertz CT molecular complexity index is 446. The van der Waals surface area contributed by atoms with Crippen molar-refractivity contribution in [3.8, 4) is 0 Å². The lowest BCUT2D eigenvalue weighted by Crippen LogP contribution is -2.24. The first kappa shape index (κ1) is 12.8. The number of amides is 1. The Morgan fingerprint density at radius 3 is 2.44 bits per heavy atom. The van der Waals surface area contributed by atoms with Gasteiger partial charge in [0.15, 0.2) is 0 Å². The summed E-state index contributed by atoms with van der Waals surface area (Å²) < 4.78 is 4.25. The number of carbonyl (C=O) groups is 2. The number of ether oxygens (including phenoxy) is 1. The van der Waals surface area contributed by atoms with Gasteiger partial charge in [-0.1, -0.05) is 23.2 Å². The van der Waals surface area contributed by atoms with Gasteiger partial charge in [0.25, 0.3) is 0 Å². The highest BCUT2D eigenvalue weighted by Crippen LogP contribution is 2.28. The fourth-order valence-corrected chi connectivity index (χ4v) is 1.44. The van der Waals surface area contributed by atoms with E-state index in [2.05, 4.69) is 10.1 Å². The molecule has 86 valence electrons. The lowest BCUT2D eigenvalue weighted by molar-refractivity contribution is -0.150. The van der Waals surface area contributed by atoms with Crippen molar-refractivity contribution in [1.29, 1.82) is 0 Å². The van der Waals surface area contributed by atoms with E-state index in [4.69, 9.17) is 23.2 Å². The average molecular weight is 262 g/mol. The topological polar surface area (TPSA) is 55.4 Å². The highest BCUT2D eigenvalue weighted by molar-refractivity contribution is 6.40. The van der Waals surface area contributed by atoms with Gasteiger partial charge in [0.1, 0.15) is 0 Å². The van der Waals surface area contributed by atoms with Crippen molar-refractivity contribution in [3.63, 3.8) is 0 Å². The molecule has 0 saturated carbocycles. The average Bonchev–Trinajstić information content (AvgIpc) is 2.24. The predicted molar refractivity (Wildman–Crippen MR) is 61.8 cm³/mol. The van der Waals surface area contributed by atoms with Crippen LogP contribution >= 0.6 is 23.2 Å². The van der Waals surface area contributed by atoms with Crippen LogP contribution in [0.1, 0.15) is 5.56 Å². The number of methoxy groups -OCH3 is 1. The highest BCUT2D eigenvalue weighted by atomic mass is 35.5. The van der Waals surface area contributed by atoms with E-state index < -0.39 is 11.9 Å². The van der Waals surface area contributed by atoms with Gasteiger partial charge in [-0.15, -0.1) is 0 Å². The molecule has 1 amide bonds. The molecule has 0 bridgehead atoms. The Kier molecular flexibility index (Phi) is 4.15. The fraction of sp³-hybridized carbons (Fsp3) is 0.200. The summed E-state index contributed by atoms with van der Waals surface area (Å²) in [6, 6.07) is 3.07. The largest absolute Gasteiger partial charge is 0.462 e. The second-order valence-electron chi connectivity index (χ2n) is 3.03. The van der Waals surface area contributed by atoms with Crippen molar-refractivity contribution >= 4 is 40.8 Å². The quantitative estimate of drug-likeness (QED) is 0.624. The summed E-state index contributed by atoms with van der Waals surface area (Å²) in [6.45, 7) is 1.78. The van der Waals surface area contributed by atoms with E-state index in [0.29, 0.717) is 10.0 Å². The van der Waals surface area contributed by atoms with Crippen molar-refractivity contribution in [3.05, 3.63) is 27.7 Å². The van der Waals surface area contributed by atoms with E-state index in [1.807, 2.05) is 0 Å². The van der Waals surface area contributed by atoms with Crippen LogP contribution in [-0.2, 0) is 14.3 Å². The smallest absolute Gasteiger partial charge is 0.396 e. The molecule has 0 spiro atoms. The number of hydrogen-bond donors (Lipinski definition) is 1. The first-order chi connectivity index (χ1) is 7.45. The van der Waals surface area contributed by atoms with Gasteiger partial charge in [-0.05, 0) is 24.6 Å². The number of anilines is 1. The van der Waals surface area contributed by atoms with Gasteiger partial charge in [0.05, 0.1) is 17.8 Å². The van der Waals surface area contributed by atoms with E-state index in [1.165, 1.54) is 6.07 Å².